The average molecular weight is 422 g/mol. The highest BCUT2D eigenvalue weighted by Crippen LogP contribution is 2.57. The number of hydrogen-bond acceptors (Lipinski definition) is 5. The van der Waals surface area contributed by atoms with Gasteiger partial charge in [0.25, 0.3) is 6.43 Å². The van der Waals surface area contributed by atoms with Gasteiger partial charge < -0.3 is 5.32 Å². The number of pyridine rings is 1. The molecule has 0 saturated heterocycles. The zero-order chi connectivity index (χ0) is 22.0. The minimum absolute atomic E-state index is 0.162. The van der Waals surface area contributed by atoms with Gasteiger partial charge in [-0.25, -0.2) is 23.4 Å². The smallest absolute Gasteiger partial charge is 0.299 e. The molecule has 1 aromatic carbocycles. The number of carbonyl (C=O) groups excluding carboxylic acids is 1. The molecule has 1 aliphatic carbocycles. The summed E-state index contributed by atoms with van der Waals surface area (Å²) < 4.78 is 27.3. The van der Waals surface area contributed by atoms with Crippen molar-refractivity contribution < 1.29 is 13.6 Å². The minimum atomic E-state index is -2.72. The summed E-state index contributed by atoms with van der Waals surface area (Å²) in [4.78, 5) is 20.9. The van der Waals surface area contributed by atoms with Crippen molar-refractivity contribution in [3.63, 3.8) is 0 Å². The fourth-order valence-electron chi connectivity index (χ4n) is 3.96. The minimum Gasteiger partial charge on any atom is -0.310 e. The Bertz CT molecular complexity index is 1120. The average Bonchev–Trinajstić information content (AvgIpc) is 3.41. The van der Waals surface area contributed by atoms with Crippen LogP contribution in [0.4, 0.5) is 14.6 Å². The highest BCUT2D eigenvalue weighted by atomic mass is 19.3. The third kappa shape index (κ3) is 4.14. The van der Waals surface area contributed by atoms with E-state index in [1.165, 1.54) is 10.9 Å². The van der Waals surface area contributed by atoms with Gasteiger partial charge in [-0.05, 0) is 37.5 Å². The number of aryl methyl sites for hydroxylation is 2. The number of hydrogen-bond donors (Lipinski definition) is 1. The molecule has 2 atom stereocenters. The van der Waals surface area contributed by atoms with Gasteiger partial charge in [0.05, 0.1) is 5.56 Å². The SMILES string of the molecule is Cc1nc(C(F)F)nn1CC[C@@]1(c2ccccc2)C[C@H]1C(=O)Nc1ccc(C#N)cn1. The highest BCUT2D eigenvalue weighted by Gasteiger charge is 2.58. The lowest BCUT2D eigenvalue weighted by Crippen LogP contribution is -2.23. The van der Waals surface area contributed by atoms with E-state index in [1.807, 2.05) is 36.4 Å². The van der Waals surface area contributed by atoms with Crippen molar-refractivity contribution in [3.05, 3.63) is 71.4 Å². The predicted octanol–water partition coefficient (Wildman–Crippen LogP) is 3.78. The van der Waals surface area contributed by atoms with E-state index >= 15 is 0 Å². The summed E-state index contributed by atoms with van der Waals surface area (Å²) in [7, 11) is 0. The van der Waals surface area contributed by atoms with Gasteiger partial charge in [-0.15, -0.1) is 5.10 Å². The maximum Gasteiger partial charge on any atom is 0.299 e. The first kappa shape index (κ1) is 20.6. The molecule has 2 heterocycles. The third-order valence-electron chi connectivity index (χ3n) is 5.72. The number of alkyl halides is 2. The van der Waals surface area contributed by atoms with Gasteiger partial charge in [0, 0.05) is 24.1 Å². The van der Waals surface area contributed by atoms with E-state index in [9.17, 15) is 13.6 Å². The second kappa shape index (κ2) is 8.22. The summed E-state index contributed by atoms with van der Waals surface area (Å²) in [6, 6.07) is 14.9. The molecule has 7 nitrogen and oxygen atoms in total. The molecule has 158 valence electrons. The summed E-state index contributed by atoms with van der Waals surface area (Å²) in [5.74, 6) is -0.132. The maximum absolute atomic E-state index is 12.9. The molecule has 1 aliphatic rings. The van der Waals surface area contributed by atoms with E-state index in [4.69, 9.17) is 5.26 Å². The molecule has 1 saturated carbocycles. The van der Waals surface area contributed by atoms with E-state index in [2.05, 4.69) is 20.4 Å². The standard InChI is InChI=1S/C22H20F2N6O/c1-14-27-20(19(23)24)29-30(14)10-9-22(16-5-3-2-4-6-16)11-17(22)21(31)28-18-8-7-15(12-25)13-26-18/h2-8,13,17,19H,9-11H2,1H3,(H,26,28,31)/t17-,22-/m0/s1. The van der Waals surface area contributed by atoms with Crippen molar-refractivity contribution in [1.29, 1.82) is 5.26 Å². The van der Waals surface area contributed by atoms with E-state index < -0.39 is 17.7 Å². The van der Waals surface area contributed by atoms with Gasteiger partial charge in [0.15, 0.2) is 0 Å². The fourth-order valence-corrected chi connectivity index (χ4v) is 3.96. The summed E-state index contributed by atoms with van der Waals surface area (Å²) in [6.07, 6.45) is -0.124. The van der Waals surface area contributed by atoms with E-state index in [0.29, 0.717) is 36.6 Å². The second-order valence-electron chi connectivity index (χ2n) is 7.60. The number of aromatic nitrogens is 4. The number of nitrogens with zero attached hydrogens (tertiary/aromatic N) is 5. The Hall–Kier alpha value is -3.67. The topological polar surface area (TPSA) is 96.5 Å². The van der Waals surface area contributed by atoms with Crippen LogP contribution < -0.4 is 5.32 Å². The quantitative estimate of drug-likeness (QED) is 0.625. The van der Waals surface area contributed by atoms with Crippen molar-refractivity contribution in [2.24, 2.45) is 5.92 Å². The Labute approximate surface area is 177 Å². The Kier molecular flexibility index (Phi) is 5.46. The second-order valence-corrected chi connectivity index (χ2v) is 7.60. The van der Waals surface area contributed by atoms with Crippen LogP contribution in [0.2, 0.25) is 0 Å². The van der Waals surface area contributed by atoms with Gasteiger partial charge in [-0.3, -0.25) is 4.79 Å². The Morgan fingerprint density at radius 2 is 2.10 bits per heavy atom. The molecule has 1 fully saturated rings. The number of nitrogens with one attached hydrogen (secondary N) is 1. The Morgan fingerprint density at radius 3 is 2.71 bits per heavy atom. The first-order valence-corrected chi connectivity index (χ1v) is 9.85. The highest BCUT2D eigenvalue weighted by molar-refractivity contribution is 5.95. The number of rotatable bonds is 7. The molecule has 0 spiro atoms. The molecule has 0 radical (unpaired) electrons. The van der Waals surface area contributed by atoms with Crippen LogP contribution in [-0.4, -0.2) is 25.7 Å². The van der Waals surface area contributed by atoms with Crippen LogP contribution in [0.3, 0.4) is 0 Å². The van der Waals surface area contributed by atoms with Gasteiger partial charge >= 0.3 is 0 Å². The van der Waals surface area contributed by atoms with Crippen LogP contribution >= 0.6 is 0 Å². The number of halogens is 2. The molecule has 4 rings (SSSR count). The number of nitriles is 1. The first-order valence-electron chi connectivity index (χ1n) is 9.85. The van der Waals surface area contributed by atoms with Gasteiger partial charge in [-0.1, -0.05) is 30.3 Å². The number of benzene rings is 1. The molecule has 0 unspecified atom stereocenters. The summed E-state index contributed by atoms with van der Waals surface area (Å²) in [6.45, 7) is 2.01. The molecule has 3 aromatic rings. The van der Waals surface area contributed by atoms with Crippen LogP contribution in [-0.2, 0) is 16.8 Å². The van der Waals surface area contributed by atoms with Crippen molar-refractivity contribution in [1.82, 2.24) is 19.7 Å². The number of anilines is 1. The van der Waals surface area contributed by atoms with Crippen LogP contribution in [0.5, 0.6) is 0 Å². The maximum atomic E-state index is 12.9. The lowest BCUT2D eigenvalue weighted by Gasteiger charge is -2.18. The van der Waals surface area contributed by atoms with E-state index in [0.717, 1.165) is 5.56 Å². The van der Waals surface area contributed by atoms with Crippen molar-refractivity contribution in [2.45, 2.75) is 38.2 Å². The van der Waals surface area contributed by atoms with Gasteiger partial charge in [0.1, 0.15) is 17.7 Å². The van der Waals surface area contributed by atoms with Crippen LogP contribution in [0, 0.1) is 24.2 Å². The van der Waals surface area contributed by atoms with E-state index in [-0.39, 0.29) is 11.8 Å². The Balaban J connectivity index is 1.52. The molecule has 31 heavy (non-hydrogen) atoms. The monoisotopic (exact) mass is 422 g/mol. The Morgan fingerprint density at radius 1 is 1.32 bits per heavy atom. The van der Waals surface area contributed by atoms with Crippen molar-refractivity contribution in [3.8, 4) is 6.07 Å². The fraction of sp³-hybridized carbons (Fsp3) is 0.318. The van der Waals surface area contributed by atoms with Gasteiger partial charge in [-0.2, -0.15) is 5.26 Å². The molecule has 9 heteroatoms. The molecule has 2 aromatic heterocycles. The molecule has 1 amide bonds. The lowest BCUT2D eigenvalue weighted by atomic mass is 9.89. The summed E-state index contributed by atoms with van der Waals surface area (Å²) >= 11 is 0. The lowest BCUT2D eigenvalue weighted by molar-refractivity contribution is -0.117. The normalized spacial score (nSPS) is 19.8. The third-order valence-corrected chi connectivity index (χ3v) is 5.72. The van der Waals surface area contributed by atoms with Crippen LogP contribution in [0.1, 0.15) is 42.0 Å². The summed E-state index contributed by atoms with van der Waals surface area (Å²) in [5.41, 5.74) is 1.02. The predicted molar refractivity (Wildman–Crippen MR) is 108 cm³/mol. The van der Waals surface area contributed by atoms with Crippen molar-refractivity contribution in [2.75, 3.05) is 5.32 Å². The molecular weight excluding hydrogens is 402 g/mol. The molecule has 1 N–H and O–H groups in total. The largest absolute Gasteiger partial charge is 0.310 e. The van der Waals surface area contributed by atoms with Crippen LogP contribution in [0.25, 0.3) is 0 Å². The van der Waals surface area contributed by atoms with Crippen molar-refractivity contribution >= 4 is 11.7 Å². The molecule has 0 bridgehead atoms. The molecular formula is C22H20F2N6O. The molecule has 0 aliphatic heterocycles. The first-order chi connectivity index (χ1) is 14.9. The number of amides is 1. The summed E-state index contributed by atoms with van der Waals surface area (Å²) in [5, 5.41) is 15.6. The van der Waals surface area contributed by atoms with E-state index in [1.54, 1.807) is 19.1 Å². The zero-order valence-electron chi connectivity index (χ0n) is 16.8. The van der Waals surface area contributed by atoms with Gasteiger partial charge in [0.2, 0.25) is 11.7 Å². The zero-order valence-corrected chi connectivity index (χ0v) is 16.8. The number of carbonyl (C=O) groups is 1. The van der Waals surface area contributed by atoms with Crippen LogP contribution in [0.15, 0.2) is 48.7 Å².